The molecule has 1 heterocycles. The van der Waals surface area contributed by atoms with Crippen molar-refractivity contribution in [2.45, 2.75) is 13.0 Å². The Hall–Kier alpha value is -1.91. The van der Waals surface area contributed by atoms with Crippen molar-refractivity contribution in [1.82, 2.24) is 9.80 Å². The predicted octanol–water partition coefficient (Wildman–Crippen LogP) is 4.00. The van der Waals surface area contributed by atoms with Gasteiger partial charge >= 0.3 is 0 Å². The van der Waals surface area contributed by atoms with Crippen molar-refractivity contribution in [3.05, 3.63) is 70.5 Å². The third-order valence-electron chi connectivity index (χ3n) is 4.60. The maximum Gasteiger partial charge on any atom is 0.253 e. The van der Waals surface area contributed by atoms with Gasteiger partial charge in [0.15, 0.2) is 0 Å². The van der Waals surface area contributed by atoms with E-state index < -0.39 is 5.82 Å². The Morgan fingerprint density at radius 1 is 1.08 bits per heavy atom. The number of carbonyl (C=O) groups excluding carboxylic acids is 1. The molecule has 3 rings (SSSR count). The maximum atomic E-state index is 13.3. The van der Waals surface area contributed by atoms with E-state index in [-0.39, 0.29) is 17.0 Å². The van der Waals surface area contributed by atoms with Gasteiger partial charge in [-0.25, -0.2) is 4.39 Å². The van der Waals surface area contributed by atoms with Crippen molar-refractivity contribution in [3.63, 3.8) is 0 Å². The molecule has 0 aromatic heterocycles. The normalized spacial score (nSPS) is 16.9. The molecule has 2 aromatic rings. The first-order valence-corrected chi connectivity index (χ1v) is 8.47. The average molecular weight is 347 g/mol. The molecule has 24 heavy (non-hydrogen) atoms. The first-order valence-electron chi connectivity index (χ1n) is 8.09. The van der Waals surface area contributed by atoms with Gasteiger partial charge in [0.1, 0.15) is 5.82 Å². The number of nitrogens with zero attached hydrogens (tertiary/aromatic N) is 2. The fourth-order valence-corrected chi connectivity index (χ4v) is 3.25. The Bertz CT molecular complexity index is 715. The molecular weight excluding hydrogens is 327 g/mol. The van der Waals surface area contributed by atoms with Crippen LogP contribution in [-0.2, 0) is 0 Å². The van der Waals surface area contributed by atoms with E-state index in [1.807, 2.05) is 35.2 Å². The quantitative estimate of drug-likeness (QED) is 0.838. The van der Waals surface area contributed by atoms with Crippen LogP contribution in [0, 0.1) is 5.82 Å². The molecule has 0 radical (unpaired) electrons. The number of halogens is 2. The van der Waals surface area contributed by atoms with E-state index in [1.54, 1.807) is 12.1 Å². The molecule has 5 heteroatoms. The van der Waals surface area contributed by atoms with Gasteiger partial charge in [0, 0.05) is 37.8 Å². The van der Waals surface area contributed by atoms with Gasteiger partial charge in [0.2, 0.25) is 0 Å². The lowest BCUT2D eigenvalue weighted by molar-refractivity contribution is 0.0582. The van der Waals surface area contributed by atoms with Crippen molar-refractivity contribution in [1.29, 1.82) is 0 Å². The van der Waals surface area contributed by atoms with E-state index in [9.17, 15) is 9.18 Å². The molecule has 1 unspecified atom stereocenters. The molecule has 2 aromatic carbocycles. The first kappa shape index (κ1) is 16.9. The minimum atomic E-state index is -0.397. The maximum absolute atomic E-state index is 13.3. The molecule has 1 aliphatic rings. The van der Waals surface area contributed by atoms with Crippen LogP contribution in [0.3, 0.4) is 0 Å². The highest BCUT2D eigenvalue weighted by molar-refractivity contribution is 6.30. The Balaban J connectivity index is 1.62. The molecule has 1 fully saturated rings. The fourth-order valence-electron chi connectivity index (χ4n) is 3.06. The third kappa shape index (κ3) is 3.60. The van der Waals surface area contributed by atoms with Crippen LogP contribution in [0.25, 0.3) is 0 Å². The molecule has 3 nitrogen and oxygen atoms in total. The van der Waals surface area contributed by atoms with Crippen molar-refractivity contribution in [2.24, 2.45) is 0 Å². The van der Waals surface area contributed by atoms with Gasteiger partial charge in [-0.2, -0.15) is 0 Å². The number of hydrogen-bond acceptors (Lipinski definition) is 2. The monoisotopic (exact) mass is 346 g/mol. The topological polar surface area (TPSA) is 23.6 Å². The molecule has 0 N–H and O–H groups in total. The molecular formula is C19H20ClFN2O. The molecule has 0 bridgehead atoms. The number of amides is 1. The minimum absolute atomic E-state index is 0.0766. The summed E-state index contributed by atoms with van der Waals surface area (Å²) in [5, 5.41) is 0.150. The molecule has 126 valence electrons. The van der Waals surface area contributed by atoms with Crippen LogP contribution in [0.2, 0.25) is 5.02 Å². The van der Waals surface area contributed by atoms with E-state index in [4.69, 9.17) is 11.6 Å². The zero-order valence-electron chi connectivity index (χ0n) is 13.6. The standard InChI is InChI=1S/C19H20ClFN2O/c1-14(16-7-8-18(21)17(20)13-16)22-9-11-23(12-10-22)19(24)15-5-3-2-4-6-15/h2-8,13-14H,9-12H2,1H3. The van der Waals surface area contributed by atoms with Gasteiger partial charge in [-0.1, -0.05) is 35.9 Å². The van der Waals surface area contributed by atoms with Crippen LogP contribution in [0.1, 0.15) is 28.9 Å². The average Bonchev–Trinajstić information content (AvgIpc) is 2.63. The smallest absolute Gasteiger partial charge is 0.253 e. The molecule has 1 aliphatic heterocycles. The van der Waals surface area contributed by atoms with Gasteiger partial charge < -0.3 is 4.90 Å². The Labute approximate surface area is 146 Å². The Kier molecular flexibility index (Phi) is 5.17. The summed E-state index contributed by atoms with van der Waals surface area (Å²) < 4.78 is 13.3. The van der Waals surface area contributed by atoms with Gasteiger partial charge in [-0.15, -0.1) is 0 Å². The molecule has 0 aliphatic carbocycles. The van der Waals surface area contributed by atoms with E-state index in [0.717, 1.165) is 24.2 Å². The Morgan fingerprint density at radius 3 is 2.38 bits per heavy atom. The zero-order chi connectivity index (χ0) is 17.1. The number of benzene rings is 2. The highest BCUT2D eigenvalue weighted by atomic mass is 35.5. The fraction of sp³-hybridized carbons (Fsp3) is 0.316. The number of rotatable bonds is 3. The molecule has 0 saturated carbocycles. The summed E-state index contributed by atoms with van der Waals surface area (Å²) in [5.41, 5.74) is 1.72. The van der Waals surface area contributed by atoms with Crippen LogP contribution >= 0.6 is 11.6 Å². The summed E-state index contributed by atoms with van der Waals surface area (Å²) in [6.07, 6.45) is 0. The van der Waals surface area contributed by atoms with E-state index in [2.05, 4.69) is 11.8 Å². The summed E-state index contributed by atoms with van der Waals surface area (Å²) in [6.45, 7) is 5.03. The van der Waals surface area contributed by atoms with Crippen LogP contribution < -0.4 is 0 Å². The third-order valence-corrected chi connectivity index (χ3v) is 4.89. The predicted molar refractivity (Wildman–Crippen MR) is 93.7 cm³/mol. The summed E-state index contributed by atoms with van der Waals surface area (Å²) in [4.78, 5) is 16.7. The van der Waals surface area contributed by atoms with Crippen molar-refractivity contribution >= 4 is 17.5 Å². The summed E-state index contributed by atoms with van der Waals surface area (Å²) in [6, 6.07) is 14.4. The minimum Gasteiger partial charge on any atom is -0.336 e. The summed E-state index contributed by atoms with van der Waals surface area (Å²) >= 11 is 5.88. The van der Waals surface area contributed by atoms with Gasteiger partial charge in [0.25, 0.3) is 5.91 Å². The van der Waals surface area contributed by atoms with E-state index >= 15 is 0 Å². The second-order valence-corrected chi connectivity index (χ2v) is 6.45. The summed E-state index contributed by atoms with van der Waals surface area (Å²) in [5.74, 6) is -0.321. The number of piperazine rings is 1. The molecule has 1 amide bonds. The Morgan fingerprint density at radius 2 is 1.75 bits per heavy atom. The van der Waals surface area contributed by atoms with Crippen LogP contribution in [-0.4, -0.2) is 41.9 Å². The molecule has 0 spiro atoms. The second kappa shape index (κ2) is 7.32. The second-order valence-electron chi connectivity index (χ2n) is 6.04. The van der Waals surface area contributed by atoms with Crippen LogP contribution in [0.15, 0.2) is 48.5 Å². The highest BCUT2D eigenvalue weighted by Gasteiger charge is 2.25. The van der Waals surface area contributed by atoms with Gasteiger partial charge in [0.05, 0.1) is 5.02 Å². The first-order chi connectivity index (χ1) is 11.6. The van der Waals surface area contributed by atoms with Crippen LogP contribution in [0.4, 0.5) is 4.39 Å². The van der Waals surface area contributed by atoms with Crippen molar-refractivity contribution < 1.29 is 9.18 Å². The van der Waals surface area contributed by atoms with Crippen LogP contribution in [0.5, 0.6) is 0 Å². The SMILES string of the molecule is CC(c1ccc(F)c(Cl)c1)N1CCN(C(=O)c2ccccc2)CC1. The zero-order valence-corrected chi connectivity index (χ0v) is 14.3. The number of hydrogen-bond donors (Lipinski definition) is 0. The van der Waals surface area contributed by atoms with Crippen molar-refractivity contribution in [3.8, 4) is 0 Å². The lowest BCUT2D eigenvalue weighted by Gasteiger charge is -2.38. The van der Waals surface area contributed by atoms with Crippen molar-refractivity contribution in [2.75, 3.05) is 26.2 Å². The molecule has 1 saturated heterocycles. The summed E-state index contributed by atoms with van der Waals surface area (Å²) in [7, 11) is 0. The van der Waals surface area contributed by atoms with E-state index in [1.165, 1.54) is 6.07 Å². The largest absolute Gasteiger partial charge is 0.336 e. The lowest BCUT2D eigenvalue weighted by Crippen LogP contribution is -2.49. The highest BCUT2D eigenvalue weighted by Crippen LogP contribution is 2.26. The number of carbonyl (C=O) groups is 1. The van der Waals surface area contributed by atoms with Gasteiger partial charge in [-0.05, 0) is 36.8 Å². The van der Waals surface area contributed by atoms with Gasteiger partial charge in [-0.3, -0.25) is 9.69 Å². The lowest BCUT2D eigenvalue weighted by atomic mass is 10.1. The van der Waals surface area contributed by atoms with E-state index in [0.29, 0.717) is 13.1 Å². The molecule has 1 atom stereocenters.